The van der Waals surface area contributed by atoms with Gasteiger partial charge in [-0.3, -0.25) is 14.9 Å². The second-order valence-electron chi connectivity index (χ2n) is 5.42. The first-order chi connectivity index (χ1) is 12.4. The van der Waals surface area contributed by atoms with Gasteiger partial charge in [0.2, 0.25) is 5.91 Å². The van der Waals surface area contributed by atoms with Crippen molar-refractivity contribution in [3.8, 4) is 11.5 Å². The van der Waals surface area contributed by atoms with E-state index in [9.17, 15) is 14.9 Å². The highest BCUT2D eigenvalue weighted by Crippen LogP contribution is 2.28. The molecule has 0 radical (unpaired) electrons. The Hall–Kier alpha value is -3.35. The molecule has 0 bridgehead atoms. The molecular weight excluding hydrogens is 336 g/mol. The van der Waals surface area contributed by atoms with Crippen molar-refractivity contribution in [2.24, 2.45) is 0 Å². The molecule has 0 saturated carbocycles. The maximum absolute atomic E-state index is 12.1. The van der Waals surface area contributed by atoms with Crippen molar-refractivity contribution in [1.29, 1.82) is 0 Å². The molecule has 0 fully saturated rings. The van der Waals surface area contributed by atoms with E-state index >= 15 is 0 Å². The second-order valence-corrected chi connectivity index (χ2v) is 5.42. The summed E-state index contributed by atoms with van der Waals surface area (Å²) in [5.74, 6) is 0.814. The lowest BCUT2D eigenvalue weighted by Crippen LogP contribution is -2.09. The summed E-state index contributed by atoms with van der Waals surface area (Å²) >= 11 is 0. The largest absolute Gasteiger partial charge is 0.493 e. The highest BCUT2D eigenvalue weighted by Gasteiger charge is 2.10. The second kappa shape index (κ2) is 8.66. The van der Waals surface area contributed by atoms with E-state index in [0.29, 0.717) is 23.8 Å². The van der Waals surface area contributed by atoms with Crippen molar-refractivity contribution in [2.45, 2.75) is 13.8 Å². The number of hydrogen-bond donors (Lipinski definition) is 1. The molecule has 2 aromatic carbocycles. The molecule has 0 atom stereocenters. The van der Waals surface area contributed by atoms with Crippen LogP contribution in [0.4, 0.5) is 11.4 Å². The summed E-state index contributed by atoms with van der Waals surface area (Å²) < 4.78 is 10.7. The van der Waals surface area contributed by atoms with Gasteiger partial charge in [0.25, 0.3) is 5.69 Å². The first kappa shape index (κ1) is 19.0. The molecule has 0 aliphatic heterocycles. The third-order valence-electron chi connectivity index (χ3n) is 3.60. The van der Waals surface area contributed by atoms with Gasteiger partial charge >= 0.3 is 0 Å². The number of rotatable bonds is 7. The quantitative estimate of drug-likeness (QED) is 0.461. The van der Waals surface area contributed by atoms with Gasteiger partial charge in [0, 0.05) is 18.2 Å². The molecule has 0 unspecified atom stereocenters. The predicted octanol–water partition coefficient (Wildman–Crippen LogP) is 3.96. The molecule has 26 heavy (non-hydrogen) atoms. The van der Waals surface area contributed by atoms with Crippen molar-refractivity contribution in [2.75, 3.05) is 19.0 Å². The van der Waals surface area contributed by atoms with Crippen LogP contribution < -0.4 is 14.8 Å². The standard InChI is InChI=1S/C19H20N2O5/c1-4-26-17-9-6-14(11-18(17)25-3)7-10-19(22)20-16-12-15(21(23)24)8-5-13(16)2/h5-12H,4H2,1-3H3,(H,20,22)/b10-7+. The molecule has 7 nitrogen and oxygen atoms in total. The zero-order valence-electron chi connectivity index (χ0n) is 14.8. The topological polar surface area (TPSA) is 90.7 Å². The third kappa shape index (κ3) is 4.83. The van der Waals surface area contributed by atoms with Gasteiger partial charge in [-0.25, -0.2) is 0 Å². The minimum absolute atomic E-state index is 0.0777. The maximum atomic E-state index is 12.1. The highest BCUT2D eigenvalue weighted by atomic mass is 16.6. The number of nitro groups is 1. The fourth-order valence-corrected chi connectivity index (χ4v) is 2.27. The number of amides is 1. The number of hydrogen-bond acceptors (Lipinski definition) is 5. The smallest absolute Gasteiger partial charge is 0.271 e. The highest BCUT2D eigenvalue weighted by molar-refractivity contribution is 6.02. The average molecular weight is 356 g/mol. The van der Waals surface area contributed by atoms with Gasteiger partial charge in [-0.2, -0.15) is 0 Å². The number of nitrogens with zero attached hydrogens (tertiary/aromatic N) is 1. The Morgan fingerprint density at radius 3 is 2.65 bits per heavy atom. The summed E-state index contributed by atoms with van der Waals surface area (Å²) in [7, 11) is 1.54. The van der Waals surface area contributed by atoms with Crippen LogP contribution in [0.2, 0.25) is 0 Å². The number of anilines is 1. The van der Waals surface area contributed by atoms with Crippen molar-refractivity contribution < 1.29 is 19.2 Å². The van der Waals surface area contributed by atoms with E-state index in [1.54, 1.807) is 44.4 Å². The Kier molecular flexibility index (Phi) is 6.32. The van der Waals surface area contributed by atoms with Crippen molar-refractivity contribution >= 4 is 23.4 Å². The van der Waals surface area contributed by atoms with Crippen LogP contribution in [0.1, 0.15) is 18.1 Å². The zero-order chi connectivity index (χ0) is 19.1. The monoisotopic (exact) mass is 356 g/mol. The molecule has 7 heteroatoms. The van der Waals surface area contributed by atoms with E-state index in [1.165, 1.54) is 18.2 Å². The summed E-state index contributed by atoms with van der Waals surface area (Å²) in [5, 5.41) is 13.5. The lowest BCUT2D eigenvalue weighted by atomic mass is 10.1. The molecule has 0 spiro atoms. The molecular formula is C19H20N2O5. The number of benzene rings is 2. The molecule has 0 aromatic heterocycles. The summed E-state index contributed by atoms with van der Waals surface area (Å²) in [5.41, 5.74) is 1.82. The summed E-state index contributed by atoms with van der Waals surface area (Å²) in [6, 6.07) is 9.65. The molecule has 0 aliphatic carbocycles. The minimum atomic E-state index is -0.503. The number of nitro benzene ring substituents is 1. The lowest BCUT2D eigenvalue weighted by molar-refractivity contribution is -0.384. The first-order valence-electron chi connectivity index (χ1n) is 7.99. The Labute approximate surface area is 151 Å². The number of methoxy groups -OCH3 is 1. The predicted molar refractivity (Wildman–Crippen MR) is 99.7 cm³/mol. The average Bonchev–Trinajstić information content (AvgIpc) is 2.62. The van der Waals surface area contributed by atoms with E-state index in [-0.39, 0.29) is 11.6 Å². The van der Waals surface area contributed by atoms with Crippen molar-refractivity contribution in [1.82, 2.24) is 0 Å². The van der Waals surface area contributed by atoms with Gasteiger partial charge in [0.05, 0.1) is 24.3 Å². The Morgan fingerprint density at radius 1 is 1.23 bits per heavy atom. The van der Waals surface area contributed by atoms with E-state index in [4.69, 9.17) is 9.47 Å². The summed E-state index contributed by atoms with van der Waals surface area (Å²) in [6.45, 7) is 4.17. The molecule has 2 rings (SSSR count). The van der Waals surface area contributed by atoms with Crippen LogP contribution in [-0.4, -0.2) is 24.5 Å². The van der Waals surface area contributed by atoms with E-state index in [1.807, 2.05) is 6.92 Å². The van der Waals surface area contributed by atoms with Gasteiger partial charge < -0.3 is 14.8 Å². The van der Waals surface area contributed by atoms with Crippen LogP contribution in [0.5, 0.6) is 11.5 Å². The number of carbonyl (C=O) groups is 1. The number of aryl methyl sites for hydroxylation is 1. The summed E-state index contributed by atoms with van der Waals surface area (Å²) in [6.07, 6.45) is 2.98. The molecule has 2 aromatic rings. The minimum Gasteiger partial charge on any atom is -0.493 e. The SMILES string of the molecule is CCOc1ccc(/C=C/C(=O)Nc2cc([N+](=O)[O-])ccc2C)cc1OC. The number of carbonyl (C=O) groups excluding carboxylic acids is 1. The van der Waals surface area contributed by atoms with E-state index in [2.05, 4.69) is 5.32 Å². The number of non-ortho nitro benzene ring substituents is 1. The molecule has 0 aliphatic rings. The van der Waals surface area contributed by atoms with E-state index in [0.717, 1.165) is 11.1 Å². The first-order valence-corrected chi connectivity index (χ1v) is 7.99. The van der Waals surface area contributed by atoms with E-state index < -0.39 is 4.92 Å². The lowest BCUT2D eigenvalue weighted by Gasteiger charge is -2.09. The van der Waals surface area contributed by atoms with Crippen LogP contribution in [0.3, 0.4) is 0 Å². The fraction of sp³-hybridized carbons (Fsp3) is 0.211. The van der Waals surface area contributed by atoms with Gasteiger partial charge in [0.15, 0.2) is 11.5 Å². The van der Waals surface area contributed by atoms with Gasteiger partial charge in [-0.15, -0.1) is 0 Å². The van der Waals surface area contributed by atoms with Gasteiger partial charge in [-0.1, -0.05) is 12.1 Å². The van der Waals surface area contributed by atoms with Crippen LogP contribution in [-0.2, 0) is 4.79 Å². The molecule has 1 N–H and O–H groups in total. The van der Waals surface area contributed by atoms with Crippen molar-refractivity contribution in [3.63, 3.8) is 0 Å². The van der Waals surface area contributed by atoms with Gasteiger partial charge in [0.1, 0.15) is 0 Å². The maximum Gasteiger partial charge on any atom is 0.271 e. The molecule has 0 heterocycles. The number of nitrogens with one attached hydrogen (secondary N) is 1. The normalized spacial score (nSPS) is 10.6. The Balaban J connectivity index is 2.12. The fourth-order valence-electron chi connectivity index (χ4n) is 2.27. The molecule has 136 valence electrons. The van der Waals surface area contributed by atoms with Crippen LogP contribution in [0.25, 0.3) is 6.08 Å². The Bertz CT molecular complexity index is 846. The third-order valence-corrected chi connectivity index (χ3v) is 3.60. The Morgan fingerprint density at radius 2 is 2.00 bits per heavy atom. The molecule has 1 amide bonds. The van der Waals surface area contributed by atoms with Crippen LogP contribution in [0, 0.1) is 17.0 Å². The number of ether oxygens (including phenoxy) is 2. The van der Waals surface area contributed by atoms with Crippen LogP contribution >= 0.6 is 0 Å². The van der Waals surface area contributed by atoms with Gasteiger partial charge in [-0.05, 0) is 43.2 Å². The molecule has 0 saturated heterocycles. The van der Waals surface area contributed by atoms with Crippen LogP contribution in [0.15, 0.2) is 42.5 Å². The zero-order valence-corrected chi connectivity index (χ0v) is 14.8. The van der Waals surface area contributed by atoms with Crippen molar-refractivity contribution in [3.05, 3.63) is 63.7 Å². The summed E-state index contributed by atoms with van der Waals surface area (Å²) in [4.78, 5) is 22.5.